The molecule has 1 rings (SSSR count). The standard InChI is InChI=1S/C21H32N2O3S/c1-7-13-22-21(24)20(15-17(4)5)23(14-12-16(2)3)27(25,26)19-10-8-18(6)9-11-19/h7-11,16,20H,1,4,12-15H2,2-3,5-6H3,(H,22,24). The number of nitrogens with zero attached hydrogens (tertiary/aromatic N) is 1. The molecule has 0 aliphatic rings. The second-order valence-electron chi connectivity index (χ2n) is 7.32. The van der Waals surface area contributed by atoms with Crippen molar-refractivity contribution in [1.82, 2.24) is 9.62 Å². The third-order valence-corrected chi connectivity index (χ3v) is 6.09. The maximum absolute atomic E-state index is 13.4. The molecule has 1 atom stereocenters. The van der Waals surface area contributed by atoms with E-state index in [9.17, 15) is 13.2 Å². The summed E-state index contributed by atoms with van der Waals surface area (Å²) in [5.74, 6) is -0.0280. The van der Waals surface area contributed by atoms with Gasteiger partial charge in [-0.3, -0.25) is 4.79 Å². The monoisotopic (exact) mass is 392 g/mol. The summed E-state index contributed by atoms with van der Waals surface area (Å²) >= 11 is 0. The minimum absolute atomic E-state index is 0.195. The maximum Gasteiger partial charge on any atom is 0.243 e. The number of aryl methyl sites for hydroxylation is 1. The first kappa shape index (κ1) is 23.1. The highest BCUT2D eigenvalue weighted by atomic mass is 32.2. The summed E-state index contributed by atoms with van der Waals surface area (Å²) in [6.07, 6.45) is 2.50. The molecule has 0 bridgehead atoms. The van der Waals surface area contributed by atoms with Crippen molar-refractivity contribution in [3.05, 3.63) is 54.6 Å². The van der Waals surface area contributed by atoms with Crippen LogP contribution in [0.15, 0.2) is 54.0 Å². The fourth-order valence-electron chi connectivity index (χ4n) is 2.62. The molecule has 0 aliphatic carbocycles. The van der Waals surface area contributed by atoms with E-state index >= 15 is 0 Å². The summed E-state index contributed by atoms with van der Waals surface area (Å²) < 4.78 is 28.0. The maximum atomic E-state index is 13.4. The van der Waals surface area contributed by atoms with Gasteiger partial charge in [0.2, 0.25) is 15.9 Å². The van der Waals surface area contributed by atoms with Gasteiger partial charge in [0, 0.05) is 13.1 Å². The van der Waals surface area contributed by atoms with E-state index in [0.29, 0.717) is 12.3 Å². The highest BCUT2D eigenvalue weighted by Crippen LogP contribution is 2.23. The number of sulfonamides is 1. The van der Waals surface area contributed by atoms with Gasteiger partial charge in [-0.2, -0.15) is 4.31 Å². The van der Waals surface area contributed by atoms with E-state index in [2.05, 4.69) is 18.5 Å². The largest absolute Gasteiger partial charge is 0.351 e. The molecule has 0 heterocycles. The molecule has 0 saturated heterocycles. The van der Waals surface area contributed by atoms with Crippen LogP contribution in [-0.4, -0.2) is 37.8 Å². The normalized spacial score (nSPS) is 12.8. The molecule has 0 saturated carbocycles. The number of benzene rings is 1. The molecule has 27 heavy (non-hydrogen) atoms. The van der Waals surface area contributed by atoms with Crippen molar-refractivity contribution in [1.29, 1.82) is 0 Å². The molecule has 1 aromatic carbocycles. The molecule has 5 nitrogen and oxygen atoms in total. The van der Waals surface area contributed by atoms with E-state index in [1.807, 2.05) is 20.8 Å². The molecular weight excluding hydrogens is 360 g/mol. The molecule has 1 N–H and O–H groups in total. The van der Waals surface area contributed by atoms with Crippen molar-refractivity contribution in [2.75, 3.05) is 13.1 Å². The number of amides is 1. The zero-order valence-electron chi connectivity index (χ0n) is 16.9. The zero-order valence-corrected chi connectivity index (χ0v) is 17.7. The van der Waals surface area contributed by atoms with Gasteiger partial charge < -0.3 is 5.32 Å². The number of hydrogen-bond donors (Lipinski definition) is 1. The molecule has 0 radical (unpaired) electrons. The summed E-state index contributed by atoms with van der Waals surface area (Å²) in [6.45, 7) is 15.8. The first-order chi connectivity index (χ1) is 12.6. The fourth-order valence-corrected chi connectivity index (χ4v) is 4.22. The molecule has 1 amide bonds. The molecule has 0 aromatic heterocycles. The van der Waals surface area contributed by atoms with Gasteiger partial charge in [-0.25, -0.2) is 8.42 Å². The molecule has 150 valence electrons. The van der Waals surface area contributed by atoms with Crippen LogP contribution >= 0.6 is 0 Å². The van der Waals surface area contributed by atoms with Crippen LogP contribution in [0.4, 0.5) is 0 Å². The van der Waals surface area contributed by atoms with Crippen molar-refractivity contribution in [3.8, 4) is 0 Å². The van der Waals surface area contributed by atoms with Crippen LogP contribution in [0.5, 0.6) is 0 Å². The van der Waals surface area contributed by atoms with Crippen molar-refractivity contribution in [2.45, 2.75) is 51.5 Å². The molecule has 1 unspecified atom stereocenters. The Kier molecular flexibility index (Phi) is 8.93. The quantitative estimate of drug-likeness (QED) is 0.584. The van der Waals surface area contributed by atoms with Crippen LogP contribution < -0.4 is 5.32 Å². The topological polar surface area (TPSA) is 66.5 Å². The van der Waals surface area contributed by atoms with Gasteiger partial charge in [-0.15, -0.1) is 13.2 Å². The van der Waals surface area contributed by atoms with E-state index < -0.39 is 16.1 Å². The lowest BCUT2D eigenvalue weighted by molar-refractivity contribution is -0.124. The minimum Gasteiger partial charge on any atom is -0.351 e. The van der Waals surface area contributed by atoms with Crippen LogP contribution in [0.25, 0.3) is 0 Å². The highest BCUT2D eigenvalue weighted by molar-refractivity contribution is 7.89. The third kappa shape index (κ3) is 6.96. The second kappa shape index (κ2) is 10.4. The second-order valence-corrected chi connectivity index (χ2v) is 9.21. The van der Waals surface area contributed by atoms with Crippen LogP contribution in [-0.2, 0) is 14.8 Å². The van der Waals surface area contributed by atoms with Gasteiger partial charge in [-0.1, -0.05) is 43.2 Å². The Morgan fingerprint density at radius 1 is 1.26 bits per heavy atom. The van der Waals surface area contributed by atoms with Gasteiger partial charge in [0.25, 0.3) is 0 Å². The molecule has 0 aliphatic heterocycles. The number of hydrogen-bond acceptors (Lipinski definition) is 3. The van der Waals surface area contributed by atoms with Gasteiger partial charge in [0.05, 0.1) is 4.90 Å². The number of nitrogens with one attached hydrogen (secondary N) is 1. The molecule has 6 heteroatoms. The van der Waals surface area contributed by atoms with E-state index in [0.717, 1.165) is 11.1 Å². The predicted octanol–water partition coefficient (Wildman–Crippen LogP) is 3.67. The van der Waals surface area contributed by atoms with Gasteiger partial charge in [-0.05, 0) is 44.7 Å². The van der Waals surface area contributed by atoms with Gasteiger partial charge >= 0.3 is 0 Å². The fraction of sp³-hybridized carbons (Fsp3) is 0.476. The average molecular weight is 393 g/mol. The average Bonchev–Trinajstić information content (AvgIpc) is 2.58. The summed E-state index contributed by atoms with van der Waals surface area (Å²) in [7, 11) is -3.82. The van der Waals surface area contributed by atoms with E-state index in [-0.39, 0.29) is 30.3 Å². The SMILES string of the molecule is C=CCNC(=O)C(CC(=C)C)N(CCC(C)C)S(=O)(=O)c1ccc(C)cc1. The summed E-state index contributed by atoms with van der Waals surface area (Å²) in [4.78, 5) is 12.9. The Labute approximate surface area is 164 Å². The van der Waals surface area contributed by atoms with Crippen molar-refractivity contribution < 1.29 is 13.2 Å². The molecule has 0 fully saturated rings. The number of carbonyl (C=O) groups is 1. The highest BCUT2D eigenvalue weighted by Gasteiger charge is 2.35. The Morgan fingerprint density at radius 3 is 2.33 bits per heavy atom. The summed E-state index contributed by atoms with van der Waals surface area (Å²) in [6, 6.07) is 5.87. The molecule has 1 aromatic rings. The lowest BCUT2D eigenvalue weighted by Gasteiger charge is -2.31. The predicted molar refractivity (Wildman–Crippen MR) is 111 cm³/mol. The zero-order chi connectivity index (χ0) is 20.6. The first-order valence-corrected chi connectivity index (χ1v) is 10.6. The number of carbonyl (C=O) groups excluding carboxylic acids is 1. The Balaban J connectivity index is 3.35. The van der Waals surface area contributed by atoms with Crippen molar-refractivity contribution in [3.63, 3.8) is 0 Å². The lowest BCUT2D eigenvalue weighted by atomic mass is 10.1. The third-order valence-electron chi connectivity index (χ3n) is 4.17. The smallest absolute Gasteiger partial charge is 0.243 e. The minimum atomic E-state index is -3.82. The Bertz CT molecular complexity index is 752. The Morgan fingerprint density at radius 2 is 1.85 bits per heavy atom. The molecule has 0 spiro atoms. The first-order valence-electron chi connectivity index (χ1n) is 9.21. The Hall–Kier alpha value is -1.92. The van der Waals surface area contributed by atoms with Crippen LogP contribution in [0.3, 0.4) is 0 Å². The van der Waals surface area contributed by atoms with Crippen LogP contribution in [0, 0.1) is 12.8 Å². The van der Waals surface area contributed by atoms with Gasteiger partial charge in [0.15, 0.2) is 0 Å². The van der Waals surface area contributed by atoms with Crippen molar-refractivity contribution in [2.24, 2.45) is 5.92 Å². The van der Waals surface area contributed by atoms with E-state index in [4.69, 9.17) is 0 Å². The van der Waals surface area contributed by atoms with Gasteiger partial charge in [0.1, 0.15) is 6.04 Å². The van der Waals surface area contributed by atoms with Crippen LogP contribution in [0.1, 0.15) is 39.2 Å². The number of rotatable bonds is 11. The van der Waals surface area contributed by atoms with Crippen molar-refractivity contribution >= 4 is 15.9 Å². The summed E-state index contributed by atoms with van der Waals surface area (Å²) in [5, 5.41) is 2.73. The summed E-state index contributed by atoms with van der Waals surface area (Å²) in [5.41, 5.74) is 1.73. The van der Waals surface area contributed by atoms with Crippen LogP contribution in [0.2, 0.25) is 0 Å². The lowest BCUT2D eigenvalue weighted by Crippen LogP contribution is -2.50. The van der Waals surface area contributed by atoms with E-state index in [1.54, 1.807) is 37.3 Å². The molecular formula is C21H32N2O3S. The van der Waals surface area contributed by atoms with E-state index in [1.165, 1.54) is 4.31 Å².